The zero-order chi connectivity index (χ0) is 19.2. The Morgan fingerprint density at radius 1 is 1.15 bits per heavy atom. The topological polar surface area (TPSA) is 46.0 Å². The lowest BCUT2D eigenvalue weighted by molar-refractivity contribution is -0.892. The monoisotopic (exact) mass is 388 g/mol. The fourth-order valence-electron chi connectivity index (χ4n) is 3.41. The summed E-state index contributed by atoms with van der Waals surface area (Å²) >= 11 is 5.92. The number of nitrogens with zero attached hydrogens (tertiary/aromatic N) is 1. The van der Waals surface area contributed by atoms with Crippen molar-refractivity contribution in [2.45, 2.75) is 13.0 Å². The van der Waals surface area contributed by atoms with Crippen molar-refractivity contribution in [1.82, 2.24) is 5.32 Å². The van der Waals surface area contributed by atoms with Crippen LogP contribution in [0, 0.1) is 0 Å². The van der Waals surface area contributed by atoms with Crippen molar-refractivity contribution >= 4 is 23.2 Å². The molecule has 1 heterocycles. The van der Waals surface area contributed by atoms with Crippen molar-refractivity contribution in [3.05, 3.63) is 59.1 Å². The molecule has 1 fully saturated rings. The van der Waals surface area contributed by atoms with Gasteiger partial charge in [0.05, 0.1) is 39.3 Å². The quantitative estimate of drug-likeness (QED) is 0.795. The van der Waals surface area contributed by atoms with E-state index in [0.29, 0.717) is 11.6 Å². The van der Waals surface area contributed by atoms with E-state index in [9.17, 15) is 4.79 Å². The van der Waals surface area contributed by atoms with Gasteiger partial charge in [-0.15, -0.1) is 0 Å². The SMILES string of the molecule is COc1ccc(N2CC[NH+](CC(=O)N[C@@H](C)c3ccc(Cl)cc3)CC2)cc1. The van der Waals surface area contributed by atoms with Gasteiger partial charge in [0.2, 0.25) is 0 Å². The van der Waals surface area contributed by atoms with E-state index in [1.165, 1.54) is 10.6 Å². The maximum atomic E-state index is 12.4. The molecule has 0 aliphatic carbocycles. The number of rotatable bonds is 6. The Morgan fingerprint density at radius 3 is 2.37 bits per heavy atom. The molecule has 1 aliphatic rings. The van der Waals surface area contributed by atoms with Gasteiger partial charge in [0.1, 0.15) is 5.75 Å². The molecule has 1 saturated heterocycles. The second-order valence-corrected chi connectivity index (χ2v) is 7.39. The van der Waals surface area contributed by atoms with Crippen LogP contribution in [0.15, 0.2) is 48.5 Å². The fraction of sp³-hybridized carbons (Fsp3) is 0.381. The minimum Gasteiger partial charge on any atom is -0.497 e. The normalized spacial score (nSPS) is 16.0. The first kappa shape index (κ1) is 19.5. The van der Waals surface area contributed by atoms with E-state index in [1.54, 1.807) is 7.11 Å². The summed E-state index contributed by atoms with van der Waals surface area (Å²) in [4.78, 5) is 16.1. The third kappa shape index (κ3) is 5.37. The second kappa shape index (κ2) is 9.11. The number of benzene rings is 2. The molecule has 1 atom stereocenters. The van der Waals surface area contributed by atoms with Gasteiger partial charge in [-0.2, -0.15) is 0 Å². The molecule has 2 N–H and O–H groups in total. The van der Waals surface area contributed by atoms with Crippen molar-refractivity contribution in [3.8, 4) is 5.75 Å². The van der Waals surface area contributed by atoms with Crippen LogP contribution in [0.5, 0.6) is 5.75 Å². The highest BCUT2D eigenvalue weighted by atomic mass is 35.5. The highest BCUT2D eigenvalue weighted by Crippen LogP contribution is 2.19. The molecule has 0 aromatic heterocycles. The molecular formula is C21H27ClN3O2+. The smallest absolute Gasteiger partial charge is 0.275 e. The van der Waals surface area contributed by atoms with Crippen LogP contribution >= 0.6 is 11.6 Å². The van der Waals surface area contributed by atoms with Crippen molar-refractivity contribution in [1.29, 1.82) is 0 Å². The van der Waals surface area contributed by atoms with Crippen LogP contribution in [0.4, 0.5) is 5.69 Å². The van der Waals surface area contributed by atoms with Crippen molar-refractivity contribution in [2.75, 3.05) is 44.7 Å². The van der Waals surface area contributed by atoms with E-state index < -0.39 is 0 Å². The summed E-state index contributed by atoms with van der Waals surface area (Å²) in [5.74, 6) is 0.958. The molecule has 3 rings (SSSR count). The maximum Gasteiger partial charge on any atom is 0.275 e. The number of quaternary nitrogens is 1. The lowest BCUT2D eigenvalue weighted by Crippen LogP contribution is -3.15. The van der Waals surface area contributed by atoms with Gasteiger partial charge in [-0.05, 0) is 48.9 Å². The van der Waals surface area contributed by atoms with E-state index in [0.717, 1.165) is 37.5 Å². The summed E-state index contributed by atoms with van der Waals surface area (Å²) in [5.41, 5.74) is 2.27. The molecule has 0 radical (unpaired) electrons. The van der Waals surface area contributed by atoms with Crippen molar-refractivity contribution in [2.24, 2.45) is 0 Å². The molecule has 0 saturated carbocycles. The highest BCUT2D eigenvalue weighted by Gasteiger charge is 2.23. The van der Waals surface area contributed by atoms with Gasteiger partial charge in [0, 0.05) is 10.7 Å². The molecule has 1 amide bonds. The van der Waals surface area contributed by atoms with Crippen LogP contribution in [0.3, 0.4) is 0 Å². The standard InChI is InChI=1S/C21H26ClN3O2/c1-16(17-3-5-18(22)6-4-17)23-21(26)15-24-11-13-25(14-12-24)19-7-9-20(27-2)10-8-19/h3-10,16H,11-15H2,1-2H3,(H,23,26)/p+1/t16-/m0/s1. The van der Waals surface area contributed by atoms with Gasteiger partial charge in [-0.25, -0.2) is 0 Å². The number of amides is 1. The molecule has 144 valence electrons. The number of anilines is 1. The second-order valence-electron chi connectivity index (χ2n) is 6.95. The Morgan fingerprint density at radius 2 is 1.78 bits per heavy atom. The summed E-state index contributed by atoms with van der Waals surface area (Å²) in [5, 5.41) is 3.79. The Kier molecular flexibility index (Phi) is 6.58. The number of methoxy groups -OCH3 is 1. The van der Waals surface area contributed by atoms with Crippen LogP contribution < -0.4 is 19.9 Å². The molecule has 0 spiro atoms. The number of piperazine rings is 1. The summed E-state index contributed by atoms with van der Waals surface area (Å²) in [6.45, 7) is 6.30. The van der Waals surface area contributed by atoms with Crippen LogP contribution in [-0.2, 0) is 4.79 Å². The van der Waals surface area contributed by atoms with Gasteiger partial charge < -0.3 is 19.9 Å². The molecule has 0 unspecified atom stereocenters. The first-order valence-electron chi connectivity index (χ1n) is 9.32. The zero-order valence-corrected chi connectivity index (χ0v) is 16.6. The van der Waals surface area contributed by atoms with Crippen molar-refractivity contribution < 1.29 is 14.4 Å². The third-order valence-corrected chi connectivity index (χ3v) is 5.32. The molecule has 2 aromatic rings. The van der Waals surface area contributed by atoms with Crippen LogP contribution in [0.2, 0.25) is 5.02 Å². The number of hydrogen-bond donors (Lipinski definition) is 2. The summed E-state index contributed by atoms with van der Waals surface area (Å²) < 4.78 is 5.21. The summed E-state index contributed by atoms with van der Waals surface area (Å²) in [6, 6.07) is 15.7. The van der Waals surface area contributed by atoms with E-state index in [-0.39, 0.29) is 11.9 Å². The van der Waals surface area contributed by atoms with Gasteiger partial charge >= 0.3 is 0 Å². The average Bonchev–Trinajstić information content (AvgIpc) is 2.69. The molecule has 1 aliphatic heterocycles. The number of ether oxygens (including phenoxy) is 1. The largest absolute Gasteiger partial charge is 0.497 e. The Bertz CT molecular complexity index is 741. The Balaban J connectivity index is 1.45. The highest BCUT2D eigenvalue weighted by molar-refractivity contribution is 6.30. The van der Waals surface area contributed by atoms with Crippen molar-refractivity contribution in [3.63, 3.8) is 0 Å². The lowest BCUT2D eigenvalue weighted by Gasteiger charge is -2.33. The van der Waals surface area contributed by atoms with Gasteiger partial charge in [-0.3, -0.25) is 4.79 Å². The van der Waals surface area contributed by atoms with Crippen LogP contribution in [0.1, 0.15) is 18.5 Å². The summed E-state index contributed by atoms with van der Waals surface area (Å²) in [6.07, 6.45) is 0. The molecule has 6 heteroatoms. The average molecular weight is 389 g/mol. The minimum atomic E-state index is -0.0187. The minimum absolute atomic E-state index is 0.0187. The third-order valence-electron chi connectivity index (χ3n) is 5.07. The number of hydrogen-bond acceptors (Lipinski definition) is 3. The molecule has 0 bridgehead atoms. The summed E-state index contributed by atoms with van der Waals surface area (Å²) in [7, 11) is 1.68. The Labute approximate surface area is 165 Å². The van der Waals surface area contributed by atoms with Crippen LogP contribution in [0.25, 0.3) is 0 Å². The van der Waals surface area contributed by atoms with E-state index in [1.807, 2.05) is 43.3 Å². The zero-order valence-electron chi connectivity index (χ0n) is 15.9. The predicted octanol–water partition coefficient (Wildman–Crippen LogP) is 1.93. The maximum absolute atomic E-state index is 12.4. The van der Waals surface area contributed by atoms with E-state index in [4.69, 9.17) is 16.3 Å². The predicted molar refractivity (Wildman–Crippen MR) is 109 cm³/mol. The van der Waals surface area contributed by atoms with Gasteiger partial charge in [0.15, 0.2) is 6.54 Å². The number of nitrogens with one attached hydrogen (secondary N) is 2. The van der Waals surface area contributed by atoms with E-state index in [2.05, 4.69) is 22.3 Å². The Hall–Kier alpha value is -2.24. The number of halogens is 1. The first-order chi connectivity index (χ1) is 13.0. The molecule has 5 nitrogen and oxygen atoms in total. The molecule has 27 heavy (non-hydrogen) atoms. The first-order valence-corrected chi connectivity index (χ1v) is 9.70. The van der Waals surface area contributed by atoms with Crippen LogP contribution in [-0.4, -0.2) is 45.7 Å². The van der Waals surface area contributed by atoms with Gasteiger partial charge in [-0.1, -0.05) is 23.7 Å². The lowest BCUT2D eigenvalue weighted by atomic mass is 10.1. The molecule has 2 aromatic carbocycles. The number of carbonyl (C=O) groups is 1. The van der Waals surface area contributed by atoms with E-state index >= 15 is 0 Å². The fourth-order valence-corrected chi connectivity index (χ4v) is 3.53. The number of carbonyl (C=O) groups excluding carboxylic acids is 1. The molecular weight excluding hydrogens is 362 g/mol. The van der Waals surface area contributed by atoms with Gasteiger partial charge in [0.25, 0.3) is 5.91 Å².